The molecule has 114 valence electrons. The van der Waals surface area contributed by atoms with Crippen molar-refractivity contribution in [1.82, 2.24) is 0 Å². The van der Waals surface area contributed by atoms with Gasteiger partial charge in [-0.2, -0.15) is 0 Å². The molecular formula is C16H15ClN2O3. The van der Waals surface area contributed by atoms with Gasteiger partial charge in [0.25, 0.3) is 5.91 Å². The van der Waals surface area contributed by atoms with Gasteiger partial charge in [-0.25, -0.2) is 0 Å². The van der Waals surface area contributed by atoms with Crippen molar-refractivity contribution in [3.63, 3.8) is 0 Å². The van der Waals surface area contributed by atoms with Gasteiger partial charge in [0.15, 0.2) is 0 Å². The van der Waals surface area contributed by atoms with E-state index in [9.17, 15) is 9.59 Å². The summed E-state index contributed by atoms with van der Waals surface area (Å²) < 4.78 is 5.13. The van der Waals surface area contributed by atoms with E-state index in [1.54, 1.807) is 6.07 Å². The standard InChI is InChI=1S/C16H15ClN2O3/c17-12-6-7-13(16(18)21)14(8-12)19-9-15(20)22-10-11-4-2-1-3-5-11/h1-8,19H,9-10H2,(H2,18,21). The largest absolute Gasteiger partial charge is 0.460 e. The Bertz CT molecular complexity index is 674. The third kappa shape index (κ3) is 4.49. The fourth-order valence-electron chi connectivity index (χ4n) is 1.83. The number of anilines is 1. The van der Waals surface area contributed by atoms with Gasteiger partial charge in [-0.3, -0.25) is 9.59 Å². The topological polar surface area (TPSA) is 81.4 Å². The van der Waals surface area contributed by atoms with Gasteiger partial charge in [0.05, 0.1) is 5.56 Å². The van der Waals surface area contributed by atoms with Crippen LogP contribution >= 0.6 is 11.6 Å². The number of halogens is 1. The van der Waals surface area contributed by atoms with Crippen molar-refractivity contribution in [2.24, 2.45) is 5.73 Å². The number of ether oxygens (including phenoxy) is 1. The Morgan fingerprint density at radius 1 is 1.14 bits per heavy atom. The van der Waals surface area contributed by atoms with Crippen LogP contribution in [0.2, 0.25) is 5.02 Å². The number of primary amides is 1. The number of carbonyl (C=O) groups is 2. The molecule has 1 amide bonds. The Morgan fingerprint density at radius 3 is 2.55 bits per heavy atom. The third-order valence-corrected chi connectivity index (χ3v) is 3.15. The maximum Gasteiger partial charge on any atom is 0.325 e. The first-order chi connectivity index (χ1) is 10.6. The number of nitrogens with two attached hydrogens (primary N) is 1. The van der Waals surface area contributed by atoms with Gasteiger partial charge >= 0.3 is 5.97 Å². The number of amides is 1. The molecule has 0 aliphatic rings. The van der Waals surface area contributed by atoms with E-state index in [4.69, 9.17) is 22.1 Å². The second-order valence-corrected chi connectivity index (χ2v) is 4.99. The molecule has 2 rings (SSSR count). The minimum atomic E-state index is -0.600. The summed E-state index contributed by atoms with van der Waals surface area (Å²) >= 11 is 5.87. The highest BCUT2D eigenvalue weighted by atomic mass is 35.5. The Labute approximate surface area is 133 Å². The van der Waals surface area contributed by atoms with Crippen LogP contribution in [-0.2, 0) is 16.1 Å². The number of hydrogen-bond acceptors (Lipinski definition) is 4. The molecular weight excluding hydrogens is 304 g/mol. The number of esters is 1. The lowest BCUT2D eigenvalue weighted by Gasteiger charge is -2.10. The molecule has 0 aliphatic heterocycles. The highest BCUT2D eigenvalue weighted by Crippen LogP contribution is 2.20. The minimum absolute atomic E-state index is 0.0898. The zero-order valence-corrected chi connectivity index (χ0v) is 12.5. The molecule has 0 atom stereocenters. The Morgan fingerprint density at radius 2 is 1.86 bits per heavy atom. The molecule has 0 aromatic heterocycles. The molecule has 5 nitrogen and oxygen atoms in total. The third-order valence-electron chi connectivity index (χ3n) is 2.91. The molecule has 2 aromatic carbocycles. The van der Waals surface area contributed by atoms with Gasteiger partial charge in [-0.05, 0) is 23.8 Å². The van der Waals surface area contributed by atoms with E-state index in [0.717, 1.165) is 5.56 Å². The maximum atomic E-state index is 11.7. The van der Waals surface area contributed by atoms with Crippen molar-refractivity contribution in [2.45, 2.75) is 6.61 Å². The Balaban J connectivity index is 1.91. The van der Waals surface area contributed by atoms with E-state index >= 15 is 0 Å². The van der Waals surface area contributed by atoms with Gasteiger partial charge in [0, 0.05) is 10.7 Å². The van der Waals surface area contributed by atoms with Crippen LogP contribution < -0.4 is 11.1 Å². The van der Waals surface area contributed by atoms with Crippen molar-refractivity contribution in [2.75, 3.05) is 11.9 Å². The molecule has 0 heterocycles. The zero-order valence-electron chi connectivity index (χ0n) is 11.7. The molecule has 0 saturated heterocycles. The van der Waals surface area contributed by atoms with Gasteiger partial charge < -0.3 is 15.8 Å². The zero-order chi connectivity index (χ0) is 15.9. The van der Waals surface area contributed by atoms with E-state index in [1.165, 1.54) is 12.1 Å². The fourth-order valence-corrected chi connectivity index (χ4v) is 2.01. The molecule has 3 N–H and O–H groups in total. The first-order valence-corrected chi connectivity index (χ1v) is 6.97. The van der Waals surface area contributed by atoms with Gasteiger partial charge in [-0.1, -0.05) is 41.9 Å². The van der Waals surface area contributed by atoms with Crippen LogP contribution in [0, 0.1) is 0 Å². The predicted octanol–water partition coefficient (Wildman–Crippen LogP) is 2.59. The van der Waals surface area contributed by atoms with Crippen molar-refractivity contribution in [1.29, 1.82) is 0 Å². The first kappa shape index (κ1) is 15.9. The van der Waals surface area contributed by atoms with E-state index in [2.05, 4.69) is 5.32 Å². The monoisotopic (exact) mass is 318 g/mol. The highest BCUT2D eigenvalue weighted by Gasteiger charge is 2.10. The van der Waals surface area contributed by atoms with Crippen LogP contribution in [0.25, 0.3) is 0 Å². The summed E-state index contributed by atoms with van der Waals surface area (Å²) in [7, 11) is 0. The van der Waals surface area contributed by atoms with E-state index in [-0.39, 0.29) is 18.7 Å². The molecule has 0 fully saturated rings. The van der Waals surface area contributed by atoms with Crippen LogP contribution in [0.5, 0.6) is 0 Å². The molecule has 0 spiro atoms. The summed E-state index contributed by atoms with van der Waals surface area (Å²) in [6.07, 6.45) is 0. The summed E-state index contributed by atoms with van der Waals surface area (Å²) in [5.41, 5.74) is 6.83. The van der Waals surface area contributed by atoms with Crippen LogP contribution in [0.15, 0.2) is 48.5 Å². The second kappa shape index (κ2) is 7.47. The molecule has 0 saturated carbocycles. The number of carbonyl (C=O) groups excluding carboxylic acids is 2. The number of rotatable bonds is 6. The number of nitrogens with one attached hydrogen (secondary N) is 1. The lowest BCUT2D eigenvalue weighted by Crippen LogP contribution is -2.20. The first-order valence-electron chi connectivity index (χ1n) is 6.59. The minimum Gasteiger partial charge on any atom is -0.460 e. The second-order valence-electron chi connectivity index (χ2n) is 4.55. The molecule has 6 heteroatoms. The van der Waals surface area contributed by atoms with Crippen LogP contribution in [-0.4, -0.2) is 18.4 Å². The van der Waals surface area contributed by atoms with E-state index in [0.29, 0.717) is 10.7 Å². The summed E-state index contributed by atoms with van der Waals surface area (Å²) in [6.45, 7) is 0.104. The molecule has 2 aromatic rings. The van der Waals surface area contributed by atoms with E-state index in [1.807, 2.05) is 30.3 Å². The summed E-state index contributed by atoms with van der Waals surface area (Å²) in [5, 5.41) is 3.25. The Hall–Kier alpha value is -2.53. The van der Waals surface area contributed by atoms with Crippen molar-refractivity contribution >= 4 is 29.2 Å². The summed E-state index contributed by atoms with van der Waals surface area (Å²) in [4.78, 5) is 23.0. The summed E-state index contributed by atoms with van der Waals surface area (Å²) in [6, 6.07) is 13.9. The molecule has 0 aliphatic carbocycles. The fraction of sp³-hybridized carbons (Fsp3) is 0.125. The molecule has 0 radical (unpaired) electrons. The van der Waals surface area contributed by atoms with Gasteiger partial charge in [-0.15, -0.1) is 0 Å². The average molecular weight is 319 g/mol. The van der Waals surface area contributed by atoms with E-state index < -0.39 is 11.9 Å². The van der Waals surface area contributed by atoms with Crippen molar-refractivity contribution in [3.05, 3.63) is 64.7 Å². The van der Waals surface area contributed by atoms with Crippen LogP contribution in [0.1, 0.15) is 15.9 Å². The van der Waals surface area contributed by atoms with Crippen LogP contribution in [0.3, 0.4) is 0 Å². The summed E-state index contributed by atoms with van der Waals surface area (Å²) in [5.74, 6) is -1.05. The van der Waals surface area contributed by atoms with Crippen molar-refractivity contribution < 1.29 is 14.3 Å². The smallest absolute Gasteiger partial charge is 0.325 e. The van der Waals surface area contributed by atoms with Gasteiger partial charge in [0.2, 0.25) is 0 Å². The Kier molecular flexibility index (Phi) is 5.38. The number of hydrogen-bond donors (Lipinski definition) is 2. The molecule has 0 bridgehead atoms. The van der Waals surface area contributed by atoms with Crippen LogP contribution in [0.4, 0.5) is 5.69 Å². The molecule has 22 heavy (non-hydrogen) atoms. The predicted molar refractivity (Wildman–Crippen MR) is 84.7 cm³/mol. The lowest BCUT2D eigenvalue weighted by atomic mass is 10.1. The SMILES string of the molecule is NC(=O)c1ccc(Cl)cc1NCC(=O)OCc1ccccc1. The lowest BCUT2D eigenvalue weighted by molar-refractivity contribution is -0.142. The van der Waals surface area contributed by atoms with Gasteiger partial charge in [0.1, 0.15) is 13.2 Å². The average Bonchev–Trinajstić information content (AvgIpc) is 2.51. The maximum absolute atomic E-state index is 11.7. The normalized spacial score (nSPS) is 10.0. The molecule has 0 unspecified atom stereocenters. The number of benzene rings is 2. The van der Waals surface area contributed by atoms with Crippen molar-refractivity contribution in [3.8, 4) is 0 Å². The quantitative estimate of drug-likeness (QED) is 0.802. The highest BCUT2D eigenvalue weighted by molar-refractivity contribution is 6.31.